The number of nitrogens with zero attached hydrogens (tertiary/aromatic N) is 4. The average Bonchev–Trinajstić information content (AvgIpc) is 3.39. The highest BCUT2D eigenvalue weighted by Crippen LogP contribution is 2.42. The zero-order valence-corrected chi connectivity index (χ0v) is 22.7. The first kappa shape index (κ1) is 27.4. The second-order valence-corrected chi connectivity index (χ2v) is 11.0. The number of piperidine rings is 1. The number of aromatic nitrogens is 3. The molecule has 2 aromatic heterocycles. The van der Waals surface area contributed by atoms with Crippen LogP contribution in [-0.2, 0) is 10.9 Å². The molecule has 3 heterocycles. The third-order valence-corrected chi connectivity index (χ3v) is 8.54. The number of carbonyl (C=O) groups is 1. The predicted octanol–water partition coefficient (Wildman–Crippen LogP) is 7.37. The van der Waals surface area contributed by atoms with Crippen molar-refractivity contribution in [2.45, 2.75) is 70.0 Å². The minimum Gasteiger partial charge on any atom is -0.450 e. The van der Waals surface area contributed by atoms with E-state index in [4.69, 9.17) is 14.7 Å². The molecule has 5 rings (SSSR count). The van der Waals surface area contributed by atoms with Gasteiger partial charge in [0.15, 0.2) is 0 Å². The van der Waals surface area contributed by atoms with Gasteiger partial charge in [0.2, 0.25) is 5.95 Å². The van der Waals surface area contributed by atoms with E-state index >= 15 is 0 Å². The molecule has 1 aliphatic carbocycles. The maximum atomic E-state index is 13.5. The standard InChI is InChI=1S/C28H32F3N5O2S/c1-2-38-27(37)36-15-12-18(13-16-36)25-35-23(19-7-6-8-20(17-19)28(29,30)31)24(39-25)22-11-14-32-26(34-22)33-21-9-4-3-5-10-21/h6-8,11,14,17-18,21H,2-5,9-10,12-13,15-16H2,1H3,(H,32,33,34). The summed E-state index contributed by atoms with van der Waals surface area (Å²) in [7, 11) is 0. The fourth-order valence-electron chi connectivity index (χ4n) is 5.23. The number of halogens is 3. The van der Waals surface area contributed by atoms with Crippen LogP contribution >= 0.6 is 11.3 Å². The molecule has 1 amide bonds. The Labute approximate surface area is 229 Å². The molecule has 7 nitrogen and oxygen atoms in total. The highest BCUT2D eigenvalue weighted by atomic mass is 32.1. The highest BCUT2D eigenvalue weighted by molar-refractivity contribution is 7.15. The van der Waals surface area contributed by atoms with E-state index < -0.39 is 11.7 Å². The summed E-state index contributed by atoms with van der Waals surface area (Å²) in [5, 5.41) is 4.27. The second-order valence-electron chi connectivity index (χ2n) is 10.0. The van der Waals surface area contributed by atoms with E-state index in [1.807, 2.05) is 0 Å². The van der Waals surface area contributed by atoms with E-state index in [0.717, 1.165) is 30.0 Å². The van der Waals surface area contributed by atoms with Crippen molar-refractivity contribution >= 4 is 23.4 Å². The number of carbonyl (C=O) groups excluding carboxylic acids is 1. The van der Waals surface area contributed by atoms with Gasteiger partial charge in [0.25, 0.3) is 0 Å². The summed E-state index contributed by atoms with van der Waals surface area (Å²) >= 11 is 1.46. The Balaban J connectivity index is 1.47. The van der Waals surface area contributed by atoms with Crippen molar-refractivity contribution < 1.29 is 22.7 Å². The van der Waals surface area contributed by atoms with E-state index in [9.17, 15) is 18.0 Å². The van der Waals surface area contributed by atoms with Crippen molar-refractivity contribution in [2.24, 2.45) is 0 Å². The van der Waals surface area contributed by atoms with Crippen LogP contribution in [0.15, 0.2) is 36.5 Å². The predicted molar refractivity (Wildman–Crippen MR) is 145 cm³/mol. The van der Waals surface area contributed by atoms with Crippen LogP contribution < -0.4 is 5.32 Å². The van der Waals surface area contributed by atoms with Crippen LogP contribution in [0.5, 0.6) is 0 Å². The Bertz CT molecular complexity index is 1280. The number of rotatable bonds is 6. The average molecular weight is 560 g/mol. The van der Waals surface area contributed by atoms with Gasteiger partial charge in [0.1, 0.15) is 0 Å². The number of thiazole rings is 1. The third kappa shape index (κ3) is 6.51. The van der Waals surface area contributed by atoms with Crippen LogP contribution in [0.1, 0.15) is 68.4 Å². The van der Waals surface area contributed by atoms with E-state index in [1.54, 1.807) is 30.2 Å². The van der Waals surface area contributed by atoms with Gasteiger partial charge >= 0.3 is 12.3 Å². The summed E-state index contributed by atoms with van der Waals surface area (Å²) in [6, 6.07) is 7.38. The summed E-state index contributed by atoms with van der Waals surface area (Å²) in [4.78, 5) is 28.6. The number of alkyl halides is 3. The molecule has 0 radical (unpaired) electrons. The molecule has 0 atom stereocenters. The summed E-state index contributed by atoms with van der Waals surface area (Å²) < 4.78 is 45.8. The Hall–Kier alpha value is -3.21. The molecule has 1 saturated heterocycles. The Morgan fingerprint density at radius 3 is 2.59 bits per heavy atom. The Kier molecular flexibility index (Phi) is 8.34. The first-order chi connectivity index (χ1) is 18.8. The largest absolute Gasteiger partial charge is 0.450 e. The lowest BCUT2D eigenvalue weighted by Gasteiger charge is -2.30. The van der Waals surface area contributed by atoms with Crippen molar-refractivity contribution in [3.05, 3.63) is 47.1 Å². The van der Waals surface area contributed by atoms with Crippen LogP contribution in [0.3, 0.4) is 0 Å². The van der Waals surface area contributed by atoms with Crippen LogP contribution in [0, 0.1) is 0 Å². The van der Waals surface area contributed by atoms with Gasteiger partial charge in [-0.1, -0.05) is 31.4 Å². The van der Waals surface area contributed by atoms with Gasteiger partial charge in [-0.05, 0) is 50.8 Å². The van der Waals surface area contributed by atoms with Crippen molar-refractivity contribution in [2.75, 3.05) is 25.0 Å². The molecular weight excluding hydrogens is 527 g/mol. The first-order valence-corrected chi connectivity index (χ1v) is 14.3. The monoisotopic (exact) mass is 559 g/mol. The minimum absolute atomic E-state index is 0.0839. The fourth-order valence-corrected chi connectivity index (χ4v) is 6.46. The number of likely N-dealkylation sites (tertiary alicyclic amines) is 1. The number of nitrogens with one attached hydrogen (secondary N) is 1. The molecule has 1 saturated carbocycles. The Morgan fingerprint density at radius 1 is 1.10 bits per heavy atom. The maximum absolute atomic E-state index is 13.5. The van der Waals surface area contributed by atoms with Gasteiger partial charge in [-0.2, -0.15) is 13.2 Å². The second kappa shape index (κ2) is 11.9. The van der Waals surface area contributed by atoms with Crippen LogP contribution in [0.2, 0.25) is 0 Å². The molecule has 2 aliphatic rings. The number of hydrogen-bond acceptors (Lipinski definition) is 7. The van der Waals surface area contributed by atoms with Gasteiger partial charge in [0, 0.05) is 36.8 Å². The molecule has 0 bridgehead atoms. The number of hydrogen-bond donors (Lipinski definition) is 1. The van der Waals surface area contributed by atoms with Gasteiger partial charge in [-0.3, -0.25) is 0 Å². The van der Waals surface area contributed by atoms with E-state index in [1.165, 1.54) is 36.7 Å². The number of benzene rings is 1. The van der Waals surface area contributed by atoms with E-state index in [2.05, 4.69) is 10.3 Å². The molecule has 39 heavy (non-hydrogen) atoms. The van der Waals surface area contributed by atoms with Crippen molar-refractivity contribution in [3.63, 3.8) is 0 Å². The molecule has 0 unspecified atom stereocenters. The summed E-state index contributed by atoms with van der Waals surface area (Å²) in [5.41, 5.74) is 0.789. The van der Waals surface area contributed by atoms with E-state index in [0.29, 0.717) is 66.4 Å². The lowest BCUT2D eigenvalue weighted by atomic mass is 9.96. The summed E-state index contributed by atoms with van der Waals surface area (Å²) in [6.45, 7) is 3.19. The van der Waals surface area contributed by atoms with Gasteiger partial charge in [-0.25, -0.2) is 19.7 Å². The number of ether oxygens (including phenoxy) is 1. The van der Waals surface area contributed by atoms with Crippen LogP contribution in [0.25, 0.3) is 21.8 Å². The lowest BCUT2D eigenvalue weighted by molar-refractivity contribution is -0.137. The zero-order chi connectivity index (χ0) is 27.4. The molecule has 2 fully saturated rings. The number of amides is 1. The zero-order valence-electron chi connectivity index (χ0n) is 21.8. The van der Waals surface area contributed by atoms with Crippen LogP contribution in [-0.4, -0.2) is 51.7 Å². The molecule has 1 N–H and O–H groups in total. The first-order valence-electron chi connectivity index (χ1n) is 13.5. The molecule has 0 spiro atoms. The van der Waals surface area contributed by atoms with Gasteiger partial charge in [-0.15, -0.1) is 11.3 Å². The third-order valence-electron chi connectivity index (χ3n) is 7.30. The quantitative estimate of drug-likeness (QED) is 0.340. The van der Waals surface area contributed by atoms with Gasteiger partial charge in [0.05, 0.1) is 33.4 Å². The smallest absolute Gasteiger partial charge is 0.416 e. The van der Waals surface area contributed by atoms with Crippen molar-refractivity contribution in [1.29, 1.82) is 0 Å². The fraction of sp³-hybridized carbons (Fsp3) is 0.500. The van der Waals surface area contributed by atoms with Gasteiger partial charge < -0.3 is 15.0 Å². The Morgan fingerprint density at radius 2 is 1.87 bits per heavy atom. The van der Waals surface area contributed by atoms with Crippen LogP contribution in [0.4, 0.5) is 23.9 Å². The minimum atomic E-state index is -4.46. The van der Waals surface area contributed by atoms with Crippen molar-refractivity contribution in [3.8, 4) is 21.8 Å². The topological polar surface area (TPSA) is 80.2 Å². The lowest BCUT2D eigenvalue weighted by Crippen LogP contribution is -2.38. The molecule has 1 aliphatic heterocycles. The van der Waals surface area contributed by atoms with E-state index in [-0.39, 0.29) is 12.0 Å². The maximum Gasteiger partial charge on any atom is 0.416 e. The molecule has 208 valence electrons. The number of anilines is 1. The molecule has 1 aromatic carbocycles. The molecule has 11 heteroatoms. The molecule has 3 aromatic rings. The summed E-state index contributed by atoms with van der Waals surface area (Å²) in [5.74, 6) is 0.604. The normalized spacial score (nSPS) is 17.3. The summed E-state index contributed by atoms with van der Waals surface area (Å²) in [6.07, 6.45) is 4.02. The SMILES string of the molecule is CCOC(=O)N1CCC(c2nc(-c3cccc(C(F)(F)F)c3)c(-c3ccnc(NC4CCCCC4)n3)s2)CC1. The highest BCUT2D eigenvalue weighted by Gasteiger charge is 2.32. The molecular formula is C28H32F3N5O2S. The van der Waals surface area contributed by atoms with Crippen molar-refractivity contribution in [1.82, 2.24) is 19.9 Å².